The molecule has 3 aromatic heterocycles. The van der Waals surface area contributed by atoms with Crippen molar-refractivity contribution in [3.05, 3.63) is 97.3 Å². The molecule has 4 aromatic rings. The number of nitrogens with one attached hydrogen (secondary N) is 4. The second-order valence-corrected chi connectivity index (χ2v) is 12.8. The van der Waals surface area contributed by atoms with Crippen molar-refractivity contribution in [1.29, 1.82) is 0 Å². The highest BCUT2D eigenvalue weighted by Gasteiger charge is 2.28. The molecule has 0 saturated heterocycles. The molecule has 4 N–H and O–H groups in total. The third-order valence-electron chi connectivity index (χ3n) is 8.04. The molecule has 0 aliphatic carbocycles. The first-order chi connectivity index (χ1) is 23.0. The smallest absolute Gasteiger partial charge is 0.345 e. The molecule has 4 heterocycles. The third-order valence-corrected chi connectivity index (χ3v) is 8.97. The number of thiazole rings is 1. The first kappa shape index (κ1) is 34.2. The van der Waals surface area contributed by atoms with Gasteiger partial charge in [-0.25, -0.2) is 14.8 Å². The molecule has 15 heteroatoms. The predicted molar refractivity (Wildman–Crippen MR) is 176 cm³/mol. The molecular formula is C33H38N8O6S. The Morgan fingerprint density at radius 2 is 1.79 bits per heavy atom. The van der Waals surface area contributed by atoms with Crippen LogP contribution in [0.4, 0.5) is 0 Å². The van der Waals surface area contributed by atoms with E-state index in [0.717, 1.165) is 11.1 Å². The van der Waals surface area contributed by atoms with E-state index in [4.69, 9.17) is 4.42 Å². The Bertz CT molecular complexity index is 1820. The minimum Gasteiger partial charge on any atom is -0.446 e. The second-order valence-electron chi connectivity index (χ2n) is 11.9. The van der Waals surface area contributed by atoms with Crippen LogP contribution in [0.15, 0.2) is 51.2 Å². The van der Waals surface area contributed by atoms with Gasteiger partial charge in [0.2, 0.25) is 17.7 Å². The molecule has 0 unspecified atom stereocenters. The number of fused-ring (bicyclic) bond motifs is 4. The molecule has 0 saturated carbocycles. The standard InChI is InChI=1S/C33H38N8O6S/c1-18(2)28-32-39-25(17-48-32)30(45)37-23(14-21-8-6-5-7-9-21)31-38-24(16-47-31)29(44)34-12-13-41(15-26(42)40-28)27(43)11-10-22-19(3)35-33(46)36-20(22)4/h5-9,16-18,23,28H,10-15H2,1-4H3,(H,34,44)(H,37,45)(H,40,42)(H,35,36,46)/t23-,28-/m0/s1. The molecule has 2 atom stereocenters. The topological polar surface area (TPSA) is 192 Å². The highest BCUT2D eigenvalue weighted by atomic mass is 32.1. The Morgan fingerprint density at radius 3 is 2.52 bits per heavy atom. The van der Waals surface area contributed by atoms with Crippen LogP contribution in [0.3, 0.4) is 0 Å². The zero-order valence-electron chi connectivity index (χ0n) is 27.2. The summed E-state index contributed by atoms with van der Waals surface area (Å²) in [6, 6.07) is 8.26. The number of hydrogen-bond acceptors (Lipinski definition) is 10. The van der Waals surface area contributed by atoms with Gasteiger partial charge in [0, 0.05) is 42.7 Å². The lowest BCUT2D eigenvalue weighted by Crippen LogP contribution is -2.45. The van der Waals surface area contributed by atoms with Crippen LogP contribution in [0.25, 0.3) is 0 Å². The van der Waals surface area contributed by atoms with Crippen LogP contribution in [0.1, 0.15) is 86.7 Å². The molecule has 4 amide bonds. The van der Waals surface area contributed by atoms with Crippen molar-refractivity contribution in [3.8, 4) is 0 Å². The van der Waals surface area contributed by atoms with Gasteiger partial charge in [-0.15, -0.1) is 11.3 Å². The summed E-state index contributed by atoms with van der Waals surface area (Å²) in [5, 5.41) is 10.8. The summed E-state index contributed by atoms with van der Waals surface area (Å²) >= 11 is 1.25. The van der Waals surface area contributed by atoms with Gasteiger partial charge in [-0.05, 0) is 37.3 Å². The van der Waals surface area contributed by atoms with Crippen LogP contribution in [-0.4, -0.2) is 68.1 Å². The number of aryl methyl sites for hydroxylation is 2. The molecule has 0 radical (unpaired) electrons. The molecule has 14 nitrogen and oxygen atoms in total. The molecule has 252 valence electrons. The number of nitrogens with zero attached hydrogens (tertiary/aromatic N) is 4. The molecule has 1 aromatic carbocycles. The van der Waals surface area contributed by atoms with E-state index in [0.29, 0.717) is 29.2 Å². The Morgan fingerprint density at radius 1 is 1.02 bits per heavy atom. The monoisotopic (exact) mass is 674 g/mol. The van der Waals surface area contributed by atoms with Crippen molar-refractivity contribution >= 4 is 35.0 Å². The van der Waals surface area contributed by atoms with Crippen LogP contribution in [0, 0.1) is 19.8 Å². The van der Waals surface area contributed by atoms with Gasteiger partial charge in [-0.2, -0.15) is 4.98 Å². The Hall–Kier alpha value is -5.18. The second kappa shape index (κ2) is 15.2. The fourth-order valence-electron chi connectivity index (χ4n) is 5.48. The van der Waals surface area contributed by atoms with E-state index >= 15 is 0 Å². The number of benzene rings is 1. The number of oxazole rings is 1. The lowest BCUT2D eigenvalue weighted by molar-refractivity contribution is -0.136. The minimum atomic E-state index is -0.705. The van der Waals surface area contributed by atoms with Crippen LogP contribution in [0.2, 0.25) is 0 Å². The van der Waals surface area contributed by atoms with E-state index in [1.165, 1.54) is 22.5 Å². The fraction of sp³-hybridized carbons (Fsp3) is 0.394. The van der Waals surface area contributed by atoms with E-state index < -0.39 is 35.5 Å². The van der Waals surface area contributed by atoms with Crippen LogP contribution < -0.4 is 21.6 Å². The van der Waals surface area contributed by atoms with E-state index in [9.17, 15) is 24.0 Å². The number of aromatic amines is 1. The van der Waals surface area contributed by atoms with Crippen molar-refractivity contribution in [2.24, 2.45) is 5.92 Å². The van der Waals surface area contributed by atoms with E-state index in [1.807, 2.05) is 44.2 Å². The summed E-state index contributed by atoms with van der Waals surface area (Å²) in [6.07, 6.45) is 1.91. The maximum atomic E-state index is 13.5. The summed E-state index contributed by atoms with van der Waals surface area (Å²) < 4.78 is 5.69. The number of H-pyrrole nitrogens is 1. The van der Waals surface area contributed by atoms with Crippen LogP contribution >= 0.6 is 11.3 Å². The Kier molecular flexibility index (Phi) is 10.8. The average molecular weight is 675 g/mol. The number of rotatable bonds is 6. The SMILES string of the molecule is Cc1nc(=O)[nH]c(C)c1CCC(=O)N1CCNC(=O)c2coc(n2)[C@H](Cc2ccccc2)NC(=O)c2csc(n2)[C@H](C(C)C)NC(=O)C1. The van der Waals surface area contributed by atoms with Crippen molar-refractivity contribution in [3.63, 3.8) is 0 Å². The third kappa shape index (κ3) is 8.39. The van der Waals surface area contributed by atoms with E-state index in [-0.39, 0.29) is 55.2 Å². The van der Waals surface area contributed by atoms with Gasteiger partial charge < -0.3 is 30.3 Å². The highest BCUT2D eigenvalue weighted by molar-refractivity contribution is 7.09. The summed E-state index contributed by atoms with van der Waals surface area (Å²) in [5.74, 6) is -1.67. The lowest BCUT2D eigenvalue weighted by Gasteiger charge is -2.25. The Balaban J connectivity index is 1.41. The number of amides is 4. The first-order valence-corrected chi connectivity index (χ1v) is 16.5. The molecule has 0 fully saturated rings. The largest absolute Gasteiger partial charge is 0.446 e. The number of carbonyl (C=O) groups is 4. The van der Waals surface area contributed by atoms with Gasteiger partial charge in [0.25, 0.3) is 11.8 Å². The first-order valence-electron chi connectivity index (χ1n) is 15.7. The van der Waals surface area contributed by atoms with Crippen LogP contribution in [-0.2, 0) is 22.4 Å². The summed E-state index contributed by atoms with van der Waals surface area (Å²) in [7, 11) is 0. The van der Waals surface area contributed by atoms with Gasteiger partial charge in [0.1, 0.15) is 23.0 Å². The summed E-state index contributed by atoms with van der Waals surface area (Å²) in [4.78, 5) is 82.1. The van der Waals surface area contributed by atoms with Crippen molar-refractivity contribution in [2.75, 3.05) is 19.6 Å². The molecule has 1 aliphatic rings. The van der Waals surface area contributed by atoms with E-state index in [1.54, 1.807) is 19.2 Å². The molecule has 48 heavy (non-hydrogen) atoms. The van der Waals surface area contributed by atoms with Gasteiger partial charge in [-0.3, -0.25) is 19.2 Å². The van der Waals surface area contributed by atoms with Gasteiger partial charge in [0.15, 0.2) is 5.69 Å². The fourth-order valence-corrected chi connectivity index (χ4v) is 6.50. The maximum absolute atomic E-state index is 13.5. The van der Waals surface area contributed by atoms with Gasteiger partial charge in [0.05, 0.1) is 12.6 Å². The maximum Gasteiger partial charge on any atom is 0.345 e. The predicted octanol–water partition coefficient (Wildman–Crippen LogP) is 2.56. The normalized spacial score (nSPS) is 17.7. The zero-order chi connectivity index (χ0) is 34.4. The molecule has 4 bridgehead atoms. The Labute approximate surface area is 280 Å². The molecule has 5 rings (SSSR count). The lowest BCUT2D eigenvalue weighted by atomic mass is 10.0. The molecule has 0 spiro atoms. The summed E-state index contributed by atoms with van der Waals surface area (Å²) in [5.41, 5.74) is 2.53. The molecule has 1 aliphatic heterocycles. The number of carbonyl (C=O) groups excluding carboxylic acids is 4. The van der Waals surface area contributed by atoms with Crippen molar-refractivity contribution in [2.45, 2.75) is 59.0 Å². The molecular weight excluding hydrogens is 636 g/mol. The zero-order valence-corrected chi connectivity index (χ0v) is 28.0. The van der Waals surface area contributed by atoms with Gasteiger partial charge >= 0.3 is 5.69 Å². The van der Waals surface area contributed by atoms with Crippen molar-refractivity contribution in [1.82, 2.24) is 40.8 Å². The van der Waals surface area contributed by atoms with E-state index in [2.05, 4.69) is 35.9 Å². The highest BCUT2D eigenvalue weighted by Crippen LogP contribution is 2.26. The number of hydrogen-bond donors (Lipinski definition) is 4. The van der Waals surface area contributed by atoms with Gasteiger partial charge in [-0.1, -0.05) is 44.2 Å². The van der Waals surface area contributed by atoms with Crippen LogP contribution in [0.5, 0.6) is 0 Å². The van der Waals surface area contributed by atoms with Crippen molar-refractivity contribution < 1.29 is 23.6 Å². The minimum absolute atomic E-state index is 0.00119. The quantitative estimate of drug-likeness (QED) is 0.238. The summed E-state index contributed by atoms with van der Waals surface area (Å²) in [6.45, 7) is 7.12. The number of aromatic nitrogens is 4. The average Bonchev–Trinajstić information content (AvgIpc) is 3.73.